The summed E-state index contributed by atoms with van der Waals surface area (Å²) < 4.78 is 0. The van der Waals surface area contributed by atoms with Crippen molar-refractivity contribution in [3.05, 3.63) is 498 Å². The summed E-state index contributed by atoms with van der Waals surface area (Å²) in [7, 11) is 0. The fourth-order valence-electron chi connectivity index (χ4n) is 19.6. The maximum atomic E-state index is 5.15. The third-order valence-electron chi connectivity index (χ3n) is 26.3. The number of rotatable bonds is 15. The number of pyridine rings is 2. The fourth-order valence-corrected chi connectivity index (χ4v) is 19.6. The first-order valence-corrected chi connectivity index (χ1v) is 47.1. The highest BCUT2D eigenvalue weighted by Crippen LogP contribution is 2.55. The Kier molecular flexibility index (Phi) is 21.6. The highest BCUT2D eigenvalue weighted by molar-refractivity contribution is 6.16. The molecule has 0 saturated carbocycles. The van der Waals surface area contributed by atoms with Gasteiger partial charge in [0.1, 0.15) is 24.3 Å². The van der Waals surface area contributed by atoms with Gasteiger partial charge in [0.05, 0.1) is 73.0 Å². The molecule has 24 aromatic rings. The summed E-state index contributed by atoms with van der Waals surface area (Å²) in [4.78, 5) is 61.0. The first kappa shape index (κ1) is 83.5. The van der Waals surface area contributed by atoms with Crippen LogP contribution < -0.4 is 14.7 Å². The Balaban J connectivity index is 0.000000111. The number of benzene rings is 18. The fraction of sp³-hybridized carbons (Fsp3) is 0. The van der Waals surface area contributed by atoms with Gasteiger partial charge in [0.2, 0.25) is 0 Å². The predicted octanol–water partition coefficient (Wildman–Crippen LogP) is 32.2. The minimum absolute atomic E-state index is 0.602. The number of fused-ring (bicyclic) bond motifs is 6. The van der Waals surface area contributed by atoms with Crippen LogP contribution in [0.3, 0.4) is 0 Å². The Morgan fingerprint density at radius 3 is 1.05 bits per heavy atom. The number of hydrogen-bond acceptors (Lipinski definition) is 14. The highest BCUT2D eigenvalue weighted by atomic mass is 15.2. The molecule has 141 heavy (non-hydrogen) atoms. The van der Waals surface area contributed by atoms with Crippen LogP contribution in [0.1, 0.15) is 0 Å². The van der Waals surface area contributed by atoms with Gasteiger partial charge in [-0.2, -0.15) is 0 Å². The Morgan fingerprint density at radius 2 is 0.539 bits per heavy atom. The van der Waals surface area contributed by atoms with Crippen molar-refractivity contribution in [2.75, 3.05) is 14.7 Å². The molecular weight excluding hydrogens is 1720 g/mol. The average Bonchev–Trinajstić information content (AvgIpc) is 0.728. The Morgan fingerprint density at radius 1 is 0.170 bits per heavy atom. The van der Waals surface area contributed by atoms with E-state index in [9.17, 15) is 0 Å². The quantitative estimate of drug-likeness (QED) is 0.0957. The van der Waals surface area contributed by atoms with E-state index in [0.29, 0.717) is 17.5 Å². The van der Waals surface area contributed by atoms with Crippen molar-refractivity contribution in [1.29, 1.82) is 0 Å². The van der Waals surface area contributed by atoms with Crippen LogP contribution in [-0.4, -0.2) is 54.8 Å². The van der Waals surface area contributed by atoms with Crippen LogP contribution in [-0.2, 0) is 0 Å². The van der Waals surface area contributed by atoms with Crippen LogP contribution >= 0.6 is 0 Å². The maximum absolute atomic E-state index is 5.15. The first-order valence-electron chi connectivity index (χ1n) is 47.1. The lowest BCUT2D eigenvalue weighted by molar-refractivity contribution is 1.07. The average molecular weight is 1800 g/mol. The molecule has 9 heterocycles. The summed E-state index contributed by atoms with van der Waals surface area (Å²) in [5, 5.41) is 4.43. The molecule has 0 atom stereocenters. The number of hydrogen-bond donors (Lipinski definition) is 0. The highest BCUT2D eigenvalue weighted by Gasteiger charge is 2.33. The van der Waals surface area contributed by atoms with Gasteiger partial charge in [-0.05, 0) is 176 Å². The molecule has 0 N–H and O–H groups in total. The number of anilines is 9. The van der Waals surface area contributed by atoms with E-state index >= 15 is 0 Å². The van der Waals surface area contributed by atoms with Crippen LogP contribution in [0.5, 0.6) is 0 Å². The zero-order chi connectivity index (χ0) is 93.5. The summed E-state index contributed by atoms with van der Waals surface area (Å²) in [6, 6.07) is 166. The van der Waals surface area contributed by atoms with Crippen molar-refractivity contribution >= 4 is 84.0 Å². The second kappa shape index (κ2) is 36.5. The van der Waals surface area contributed by atoms with Gasteiger partial charge in [-0.15, -0.1) is 0 Å². The number of nitrogens with zero attached hydrogens (tertiary/aromatic N) is 14. The molecule has 14 heteroatoms. The zero-order valence-electron chi connectivity index (χ0n) is 76.1. The maximum Gasteiger partial charge on any atom is 0.164 e. The van der Waals surface area contributed by atoms with Crippen molar-refractivity contribution in [3.8, 4) is 169 Å². The smallest absolute Gasteiger partial charge is 0.164 e. The van der Waals surface area contributed by atoms with E-state index in [0.717, 1.165) is 218 Å². The van der Waals surface area contributed by atoms with Crippen molar-refractivity contribution in [1.82, 2.24) is 54.8 Å². The van der Waals surface area contributed by atoms with Crippen LogP contribution in [0.15, 0.2) is 498 Å². The Hall–Kier alpha value is -19.3. The Bertz CT molecular complexity index is 8300. The van der Waals surface area contributed by atoms with Gasteiger partial charge >= 0.3 is 0 Å². The van der Waals surface area contributed by atoms with E-state index in [4.69, 9.17) is 49.8 Å². The van der Waals surface area contributed by atoms with Gasteiger partial charge in [-0.25, -0.2) is 54.8 Å². The lowest BCUT2D eigenvalue weighted by atomic mass is 9.90. The third kappa shape index (κ3) is 16.0. The first-order chi connectivity index (χ1) is 69.9. The van der Waals surface area contributed by atoms with Gasteiger partial charge in [0.15, 0.2) is 23.3 Å². The van der Waals surface area contributed by atoms with Crippen molar-refractivity contribution in [3.63, 3.8) is 0 Å². The summed E-state index contributed by atoms with van der Waals surface area (Å²) >= 11 is 0. The molecule has 0 saturated heterocycles. The van der Waals surface area contributed by atoms with Gasteiger partial charge in [0, 0.05) is 89.8 Å². The molecule has 14 nitrogen and oxygen atoms in total. The van der Waals surface area contributed by atoms with Crippen LogP contribution in [0.25, 0.3) is 201 Å². The van der Waals surface area contributed by atoms with Crippen LogP contribution in [0, 0.1) is 0 Å². The van der Waals surface area contributed by atoms with E-state index in [1.165, 1.54) is 16.7 Å². The summed E-state index contributed by atoms with van der Waals surface area (Å²) in [5.74, 6) is 4.30. The predicted molar refractivity (Wildman–Crippen MR) is 574 cm³/mol. The molecule has 0 radical (unpaired) electrons. The molecule has 3 aliphatic heterocycles. The summed E-state index contributed by atoms with van der Waals surface area (Å²) in [6.07, 6.45) is 5.21. The zero-order valence-corrected chi connectivity index (χ0v) is 76.1. The van der Waals surface area contributed by atoms with Crippen LogP contribution in [0.2, 0.25) is 0 Å². The minimum atomic E-state index is 0.602. The van der Waals surface area contributed by atoms with Crippen molar-refractivity contribution < 1.29 is 0 Å². The van der Waals surface area contributed by atoms with E-state index < -0.39 is 0 Å². The van der Waals surface area contributed by atoms with Crippen molar-refractivity contribution in [2.45, 2.75) is 0 Å². The van der Waals surface area contributed by atoms with Gasteiger partial charge in [0.25, 0.3) is 0 Å². The molecular formula is C127H82N14. The number of para-hydroxylation sites is 2. The molecule has 6 aromatic heterocycles. The van der Waals surface area contributed by atoms with Gasteiger partial charge in [-0.3, -0.25) is 9.80 Å². The standard InChI is InChI=1S/2C43H28N4.C41H26N6/c1-4-13-29(14-5-1)33-27-37(30-15-6-2-7-16-30)44-38(28-33)31-23-25-34(26-24-31)47-39-21-11-10-19-35(39)42-41-36(20-12-22-40(41)47)45-43(46-42)32-17-8-3-9-18-32;1-4-12-29(13-5-1)33-24-37-36-18-10-11-19-41(36)47(43-42(37)40(27-33)44-28-45-43)35-22-20-32(21-23-35)39-26-34(30-14-6-2-7-15-30)25-38(46-39)31-16-8-3-9-17-31;1-4-12-27(13-5-1)32-22-30-18-11-21-36-37(30)34(24-32)35-25-42-26-43-41(35)47(36)33-20-10-19-31(23-33)40-45-38(28-14-6-2-7-15-28)44-39(46-40)29-16-8-3-9-17-29/h2*1-28H;1-26H. The molecule has 0 unspecified atom stereocenters. The van der Waals surface area contributed by atoms with Gasteiger partial charge < -0.3 is 4.90 Å². The molecule has 660 valence electrons. The molecule has 18 aromatic carbocycles. The third-order valence-corrected chi connectivity index (χ3v) is 26.3. The molecule has 27 rings (SSSR count). The number of aromatic nitrogens is 11. The molecule has 0 aliphatic carbocycles. The summed E-state index contributed by atoms with van der Waals surface area (Å²) in [5.41, 5.74) is 36.8. The van der Waals surface area contributed by atoms with E-state index in [-0.39, 0.29) is 0 Å². The minimum Gasteiger partial charge on any atom is -0.309 e. The van der Waals surface area contributed by atoms with Gasteiger partial charge in [-0.1, -0.05) is 364 Å². The second-order valence-electron chi connectivity index (χ2n) is 34.9. The van der Waals surface area contributed by atoms with Crippen LogP contribution in [0.4, 0.5) is 51.4 Å². The molecule has 0 bridgehead atoms. The lowest BCUT2D eigenvalue weighted by Gasteiger charge is -2.33. The van der Waals surface area contributed by atoms with E-state index in [1.807, 2.05) is 134 Å². The monoisotopic (exact) mass is 1800 g/mol. The molecule has 0 amide bonds. The molecule has 3 aliphatic rings. The topological polar surface area (TPSA) is 152 Å². The van der Waals surface area contributed by atoms with Crippen molar-refractivity contribution in [2.24, 2.45) is 0 Å². The Labute approximate surface area is 814 Å². The SMILES string of the molecule is c1ccc(-c2cc(-c3ccccc3)nc(-c3ccc(N4c5ccccc5-c5cc(-c6ccccc6)cc6ncnc4c56)cc3)c2)cc1.c1ccc(-c2cc(-c3ccccc3)nc(-c3ccc(N4c5ccccc5-c5nc(-c6ccccc6)nc6cccc4c56)cc3)c2)cc1.c1ccc(-c2cc3c4c(cccc4c2)N(c2cccc(-c4nc(-c5ccccc5)nc(-c5ccccc5)n4)c2)c2ncncc2-3)cc1. The largest absolute Gasteiger partial charge is 0.309 e. The lowest BCUT2D eigenvalue weighted by Crippen LogP contribution is -2.17. The van der Waals surface area contributed by atoms with E-state index in [1.54, 1.807) is 12.7 Å². The molecule has 0 spiro atoms. The second-order valence-corrected chi connectivity index (χ2v) is 34.9. The molecule has 0 fully saturated rings. The summed E-state index contributed by atoms with van der Waals surface area (Å²) in [6.45, 7) is 0. The normalized spacial score (nSPS) is 11.8. The van der Waals surface area contributed by atoms with E-state index in [2.05, 4.69) is 372 Å².